The van der Waals surface area contributed by atoms with Crippen molar-refractivity contribution in [1.82, 2.24) is 9.97 Å². The summed E-state index contributed by atoms with van der Waals surface area (Å²) in [7, 11) is 0. The van der Waals surface area contributed by atoms with Crippen molar-refractivity contribution in [2.24, 2.45) is 9.98 Å². The first kappa shape index (κ1) is 24.4. The van der Waals surface area contributed by atoms with Crippen LogP contribution in [0.15, 0.2) is 112 Å². The van der Waals surface area contributed by atoms with Crippen LogP contribution in [0.3, 0.4) is 0 Å². The number of nitrogens with zero attached hydrogens (tertiary/aromatic N) is 4. The lowest BCUT2D eigenvalue weighted by Crippen LogP contribution is -2.00. The third kappa shape index (κ3) is 3.91. The first-order chi connectivity index (χ1) is 16.6. The van der Waals surface area contributed by atoms with Crippen LogP contribution in [0.25, 0.3) is 22.2 Å². The van der Waals surface area contributed by atoms with Gasteiger partial charge in [-0.25, -0.2) is 9.97 Å². The van der Waals surface area contributed by atoms with Crippen molar-refractivity contribution in [2.45, 2.75) is 6.42 Å². The molecule has 35 heavy (non-hydrogen) atoms. The number of hydrogen-bond donors (Lipinski definition) is 0. The maximum atomic E-state index is 4.88. The third-order valence-electron chi connectivity index (χ3n) is 5.96. The molecule has 1 heterocycles. The Balaban J connectivity index is 1.64. The average Bonchev–Trinajstić information content (AvgIpc) is 3.18. The molecule has 3 aliphatic carbocycles. The summed E-state index contributed by atoms with van der Waals surface area (Å²) in [5.74, 6) is 0. The van der Waals surface area contributed by atoms with Crippen molar-refractivity contribution < 1.29 is 0 Å². The van der Waals surface area contributed by atoms with Crippen LogP contribution in [0.5, 0.6) is 0 Å². The predicted octanol–water partition coefficient (Wildman–Crippen LogP) is 8.93. The molecule has 172 valence electrons. The minimum Gasteiger partial charge on any atom is -0.262 e. The normalized spacial score (nSPS) is 19.3. The van der Waals surface area contributed by atoms with Crippen LogP contribution < -0.4 is 0 Å². The lowest BCUT2D eigenvalue weighted by molar-refractivity contribution is 1.24. The van der Waals surface area contributed by atoms with E-state index in [1.165, 1.54) is 0 Å². The minimum absolute atomic E-state index is 0.596. The fraction of sp³-hybridized carbons (Fsp3) is 0.0370. The quantitative estimate of drug-likeness (QED) is 0.292. The lowest BCUT2D eigenvalue weighted by Gasteiger charge is -2.11. The molecule has 0 saturated carbocycles. The highest BCUT2D eigenvalue weighted by atomic mass is 79.9. The zero-order valence-corrected chi connectivity index (χ0v) is 24.7. The van der Waals surface area contributed by atoms with Crippen molar-refractivity contribution in [3.8, 4) is 0 Å². The van der Waals surface area contributed by atoms with Crippen LogP contribution in [0.2, 0.25) is 0 Å². The molecule has 0 aliphatic heterocycles. The Morgan fingerprint density at radius 3 is 1.74 bits per heavy atom. The van der Waals surface area contributed by atoms with Gasteiger partial charge in [0.15, 0.2) is 0 Å². The van der Waals surface area contributed by atoms with Crippen molar-refractivity contribution >= 4 is 98.3 Å². The smallest absolute Gasteiger partial charge is 0.0973 e. The molecule has 0 bridgehead atoms. The van der Waals surface area contributed by atoms with Gasteiger partial charge in [-0.15, -0.1) is 0 Å². The van der Waals surface area contributed by atoms with E-state index < -0.39 is 0 Å². The SMILES string of the molecule is C=NC1=C(N=C2C=C(Br)C(Br)=CC2)C(=C)C(=C2C(=C)c3nc4cc(Br)c(Br)cc4nc3C2=C)C1=C. The van der Waals surface area contributed by atoms with Crippen LogP contribution in [0, 0.1) is 0 Å². The molecule has 8 heteroatoms. The van der Waals surface area contributed by atoms with Crippen LogP contribution in [-0.4, -0.2) is 22.4 Å². The lowest BCUT2D eigenvalue weighted by atomic mass is 9.93. The van der Waals surface area contributed by atoms with Crippen molar-refractivity contribution in [2.75, 3.05) is 0 Å². The van der Waals surface area contributed by atoms with Crippen LogP contribution in [-0.2, 0) is 0 Å². The number of aliphatic imine (C=N–C) groups is 2. The Kier molecular flexibility index (Phi) is 6.28. The van der Waals surface area contributed by atoms with E-state index in [1.54, 1.807) is 0 Å². The number of rotatable bonds is 2. The number of aromatic nitrogens is 2. The molecule has 3 aliphatic rings. The molecule has 4 nitrogen and oxygen atoms in total. The van der Waals surface area contributed by atoms with E-state index in [2.05, 4.69) is 102 Å². The van der Waals surface area contributed by atoms with Crippen molar-refractivity contribution in [3.05, 3.63) is 114 Å². The molecule has 0 amide bonds. The molecule has 5 rings (SSSR count). The van der Waals surface area contributed by atoms with Gasteiger partial charge in [-0.3, -0.25) is 9.98 Å². The number of fused-ring (bicyclic) bond motifs is 2. The highest BCUT2D eigenvalue weighted by Gasteiger charge is 2.36. The summed E-state index contributed by atoms with van der Waals surface area (Å²) < 4.78 is 3.72. The molecule has 0 N–H and O–H groups in total. The second-order valence-electron chi connectivity index (χ2n) is 8.05. The van der Waals surface area contributed by atoms with Gasteiger partial charge in [-0.05, 0) is 88.6 Å². The van der Waals surface area contributed by atoms with Gasteiger partial charge in [0.25, 0.3) is 0 Å². The van der Waals surface area contributed by atoms with Gasteiger partial charge in [0.05, 0.1) is 33.8 Å². The highest BCUT2D eigenvalue weighted by molar-refractivity contribution is 9.15. The Morgan fingerprint density at radius 2 is 1.23 bits per heavy atom. The van der Waals surface area contributed by atoms with Gasteiger partial charge in [0.1, 0.15) is 0 Å². The van der Waals surface area contributed by atoms with Gasteiger partial charge in [0.2, 0.25) is 0 Å². The fourth-order valence-electron chi connectivity index (χ4n) is 4.28. The molecule has 0 atom stereocenters. The number of halogens is 4. The van der Waals surface area contributed by atoms with Crippen molar-refractivity contribution in [1.29, 1.82) is 0 Å². The zero-order valence-electron chi connectivity index (χ0n) is 18.4. The monoisotopic (exact) mass is 712 g/mol. The van der Waals surface area contributed by atoms with E-state index in [0.29, 0.717) is 40.3 Å². The average molecular weight is 716 g/mol. The highest BCUT2D eigenvalue weighted by Crippen LogP contribution is 2.51. The van der Waals surface area contributed by atoms with Gasteiger partial charge in [-0.2, -0.15) is 0 Å². The number of allylic oxidation sites excluding steroid dienone is 9. The Hall–Kier alpha value is -2.26. The van der Waals surface area contributed by atoms with E-state index in [4.69, 9.17) is 15.0 Å². The number of benzene rings is 1. The molecule has 1 aromatic carbocycles. The van der Waals surface area contributed by atoms with Gasteiger partial charge in [-0.1, -0.05) is 32.4 Å². The van der Waals surface area contributed by atoms with E-state index in [0.717, 1.165) is 56.9 Å². The Bertz CT molecular complexity index is 1570. The molecule has 2 aromatic rings. The van der Waals surface area contributed by atoms with Gasteiger partial charge >= 0.3 is 0 Å². The van der Waals surface area contributed by atoms with E-state index in [-0.39, 0.29) is 0 Å². The molecule has 0 spiro atoms. The van der Waals surface area contributed by atoms with Gasteiger partial charge in [0, 0.05) is 63.5 Å². The standard InChI is InChI=1S/C27H16Br4N4/c1-11-22(12(2)25(24(11)32-5)33-15-6-7-16(28)17(29)8-15)23-13(3)26-27(14(23)4)35-21-10-19(31)18(30)9-20(21)34-26/h7-10H,1-6H2. The summed E-state index contributed by atoms with van der Waals surface area (Å²) in [5.41, 5.74) is 9.44. The molecular weight excluding hydrogens is 700 g/mol. The topological polar surface area (TPSA) is 50.5 Å². The molecule has 0 radical (unpaired) electrons. The summed E-state index contributed by atoms with van der Waals surface area (Å²) in [4.78, 5) is 18.9. The molecular formula is C27H16Br4N4. The maximum absolute atomic E-state index is 4.88. The third-order valence-corrected chi connectivity index (χ3v) is 9.74. The first-order valence-electron chi connectivity index (χ1n) is 10.3. The van der Waals surface area contributed by atoms with E-state index in [1.807, 2.05) is 24.3 Å². The summed E-state index contributed by atoms with van der Waals surface area (Å²) in [5, 5.41) is 0. The molecule has 0 unspecified atom stereocenters. The number of hydrogen-bond acceptors (Lipinski definition) is 4. The summed E-state index contributed by atoms with van der Waals surface area (Å²) in [6.45, 7) is 21.1. The largest absolute Gasteiger partial charge is 0.262 e. The first-order valence-corrected chi connectivity index (χ1v) is 13.5. The Morgan fingerprint density at radius 1 is 0.714 bits per heavy atom. The molecule has 0 fully saturated rings. The predicted molar refractivity (Wildman–Crippen MR) is 161 cm³/mol. The fourth-order valence-corrected chi connectivity index (χ4v) is 5.64. The second kappa shape index (κ2) is 9.00. The molecule has 1 aromatic heterocycles. The van der Waals surface area contributed by atoms with Crippen LogP contribution >= 0.6 is 63.7 Å². The van der Waals surface area contributed by atoms with E-state index in [9.17, 15) is 0 Å². The zero-order chi connectivity index (χ0) is 25.2. The van der Waals surface area contributed by atoms with Crippen molar-refractivity contribution in [3.63, 3.8) is 0 Å². The second-order valence-corrected chi connectivity index (χ2v) is 11.5. The minimum atomic E-state index is 0.596. The summed E-state index contributed by atoms with van der Waals surface area (Å²) in [6, 6.07) is 3.86. The van der Waals surface area contributed by atoms with Crippen LogP contribution in [0.1, 0.15) is 17.8 Å². The maximum Gasteiger partial charge on any atom is 0.0973 e. The summed E-state index contributed by atoms with van der Waals surface area (Å²) in [6.07, 6.45) is 4.69. The molecule has 0 saturated heterocycles. The Labute approximate surface area is 236 Å². The van der Waals surface area contributed by atoms with E-state index >= 15 is 0 Å². The van der Waals surface area contributed by atoms with Gasteiger partial charge < -0.3 is 0 Å². The summed E-state index contributed by atoms with van der Waals surface area (Å²) >= 11 is 14.1. The van der Waals surface area contributed by atoms with Crippen LogP contribution in [0.4, 0.5) is 0 Å².